The molecule has 2 fully saturated rings. The zero-order valence-corrected chi connectivity index (χ0v) is 32.8. The second-order valence-electron chi connectivity index (χ2n) is 17.2. The Labute approximate surface area is 328 Å². The van der Waals surface area contributed by atoms with Crippen LogP contribution in [0, 0.1) is 35.5 Å². The van der Waals surface area contributed by atoms with Crippen molar-refractivity contribution in [2.75, 3.05) is 0 Å². The number of halogens is 10. The van der Waals surface area contributed by atoms with Gasteiger partial charge in [-0.05, 0) is 133 Å². The van der Waals surface area contributed by atoms with E-state index in [4.69, 9.17) is 0 Å². The van der Waals surface area contributed by atoms with Crippen LogP contribution in [-0.4, -0.2) is 33.5 Å². The highest BCUT2D eigenvalue weighted by Crippen LogP contribution is 2.64. The van der Waals surface area contributed by atoms with Gasteiger partial charge in [0.25, 0.3) is 5.79 Å². The van der Waals surface area contributed by atoms with Crippen LogP contribution >= 0.6 is 11.6 Å². The van der Waals surface area contributed by atoms with Crippen molar-refractivity contribution in [3.63, 3.8) is 0 Å². The second kappa shape index (κ2) is 16.1. The van der Waals surface area contributed by atoms with Crippen LogP contribution < -0.4 is 0 Å². The Balaban J connectivity index is 0.000000173. The summed E-state index contributed by atoms with van der Waals surface area (Å²) in [7, 11) is 0. The highest BCUT2D eigenvalue weighted by atomic mass is 32.4. The van der Waals surface area contributed by atoms with E-state index in [1.807, 2.05) is 0 Å². The van der Waals surface area contributed by atoms with Gasteiger partial charge in [-0.25, -0.2) is 0 Å². The quantitative estimate of drug-likeness (QED) is 0.173. The van der Waals surface area contributed by atoms with Crippen LogP contribution in [0.2, 0.25) is 0 Å². The number of hydrogen-bond acceptors (Lipinski definition) is 4. The Hall–Kier alpha value is -2.65. The van der Waals surface area contributed by atoms with E-state index in [1.165, 1.54) is 51.4 Å². The summed E-state index contributed by atoms with van der Waals surface area (Å²) < 4.78 is 122. The van der Waals surface area contributed by atoms with Crippen molar-refractivity contribution in [1.29, 1.82) is 0 Å². The largest absolute Gasteiger partial charge is 0.380 e. The minimum absolute atomic E-state index is 0.182. The average molecular weight is 841 g/mol. The molecule has 0 aromatic heterocycles. The van der Waals surface area contributed by atoms with Crippen molar-refractivity contribution in [3.05, 3.63) is 68.8 Å². The lowest BCUT2D eigenvalue weighted by Crippen LogP contribution is -2.43. The van der Waals surface area contributed by atoms with Crippen LogP contribution in [0.1, 0.15) is 145 Å². The molecule has 15 heteroatoms. The van der Waals surface area contributed by atoms with Gasteiger partial charge in [-0.2, -0.15) is 26.3 Å². The van der Waals surface area contributed by atoms with Gasteiger partial charge >= 0.3 is 29.3 Å². The van der Waals surface area contributed by atoms with Gasteiger partial charge in [0.2, 0.25) is 11.6 Å². The number of carbonyl (C=O) groups is 2. The Morgan fingerprint density at radius 3 is 1.14 bits per heavy atom. The van der Waals surface area contributed by atoms with Gasteiger partial charge in [0, 0.05) is 22.3 Å². The number of alkyl halides is 6. The molecule has 0 spiro atoms. The molecule has 0 unspecified atom stereocenters. The van der Waals surface area contributed by atoms with E-state index in [9.17, 15) is 61.7 Å². The number of benzene rings is 2. The summed E-state index contributed by atoms with van der Waals surface area (Å²) in [5.41, 5.74) is 1.29. The molecule has 57 heavy (non-hydrogen) atoms. The first-order valence-electron chi connectivity index (χ1n) is 20.1. The molecule has 2 N–H and O–H groups in total. The molecule has 6 aliphatic rings. The number of ketones is 2. The Morgan fingerprint density at radius 2 is 0.842 bits per heavy atom. The summed E-state index contributed by atoms with van der Waals surface area (Å²) in [5, 5.41) is 19.4. The van der Waals surface area contributed by atoms with E-state index in [-0.39, 0.29) is 17.0 Å². The van der Waals surface area contributed by atoms with Gasteiger partial charge < -0.3 is 10.2 Å². The Kier molecular flexibility index (Phi) is 12.4. The van der Waals surface area contributed by atoms with E-state index in [2.05, 4.69) is 13.8 Å². The fraction of sp³-hybridized carbons (Fsp3) is 0.667. The lowest BCUT2D eigenvalue weighted by atomic mass is 9.74. The molecule has 318 valence electrons. The summed E-state index contributed by atoms with van der Waals surface area (Å²) in [4.78, 5) is 24.2. The van der Waals surface area contributed by atoms with Crippen LogP contribution in [0.3, 0.4) is 0 Å². The van der Waals surface area contributed by atoms with Crippen molar-refractivity contribution in [2.24, 2.45) is 35.5 Å². The summed E-state index contributed by atoms with van der Waals surface area (Å²) in [6.07, 6.45) is 17.7. The van der Waals surface area contributed by atoms with Gasteiger partial charge in [-0.15, -0.1) is 0 Å². The van der Waals surface area contributed by atoms with Crippen LogP contribution in [0.15, 0.2) is 24.3 Å². The number of hydrogen-bond donors (Lipinski definition) is 2. The molecule has 0 amide bonds. The lowest BCUT2D eigenvalue weighted by Gasteiger charge is -2.32. The summed E-state index contributed by atoms with van der Waals surface area (Å²) in [6.45, 7) is 4.43. The summed E-state index contributed by atoms with van der Waals surface area (Å²) in [6, 6.07) is 5.34. The SMILES string of the molecule is CCCC1CCC(C2Cc3cc4c(cc3C2)C(=O)C(O)(O)C4=O)CC1.CCCC1CCC(C2Cc3cc4c(cc3C2)C(F)(F)C(F)(F)C4(F)F)CC1.FS(F)(F)F. The molecule has 0 radical (unpaired) electrons. The van der Waals surface area contributed by atoms with Gasteiger partial charge in [0.15, 0.2) is 0 Å². The van der Waals surface area contributed by atoms with Crippen LogP contribution in [0.25, 0.3) is 0 Å². The zero-order chi connectivity index (χ0) is 41.9. The first kappa shape index (κ1) is 43.9. The number of carbonyl (C=O) groups excluding carboxylic acids is 2. The van der Waals surface area contributed by atoms with E-state index in [0.29, 0.717) is 35.8 Å². The van der Waals surface area contributed by atoms with E-state index in [1.54, 1.807) is 12.1 Å². The molecule has 2 aromatic carbocycles. The van der Waals surface area contributed by atoms with E-state index < -0.39 is 57.8 Å². The third-order valence-electron chi connectivity index (χ3n) is 13.7. The van der Waals surface area contributed by atoms with Crippen LogP contribution in [0.5, 0.6) is 0 Å². The molecular formula is C42H50F10O4S. The first-order valence-corrected chi connectivity index (χ1v) is 21.4. The van der Waals surface area contributed by atoms with E-state index in [0.717, 1.165) is 79.5 Å². The molecular weight excluding hydrogens is 791 g/mol. The topological polar surface area (TPSA) is 74.6 Å². The maximum atomic E-state index is 14.0. The second-order valence-corrected chi connectivity index (χ2v) is 17.9. The van der Waals surface area contributed by atoms with Crippen molar-refractivity contribution < 1.29 is 61.7 Å². The third kappa shape index (κ3) is 8.41. The highest BCUT2D eigenvalue weighted by molar-refractivity contribution is 8.16. The maximum absolute atomic E-state index is 14.0. The standard InChI is InChI=1S/C21H24F6.C21H26O4.F4S/c1-2-3-12-4-6-13(7-5-12)14-8-15-10-17-18(11-16(15)9-14)20(24,25)21(26,27)19(17,22)23;1-2-3-12-4-6-13(7-5-12)14-8-15-10-17-18(11-16(15)9-14)20(23)21(24,25)19(17)22;1-5(2,3)4/h10-14H,2-9H2,1H3;10-14,24-25H,2-9H2,1H3;. The number of aliphatic hydroxyl groups is 2. The minimum Gasteiger partial charge on any atom is -0.353 e. The van der Waals surface area contributed by atoms with Gasteiger partial charge in [0.05, 0.1) is 0 Å². The monoisotopic (exact) mass is 840 g/mol. The molecule has 2 saturated carbocycles. The fourth-order valence-electron chi connectivity index (χ4n) is 10.7. The highest BCUT2D eigenvalue weighted by Gasteiger charge is 2.79. The molecule has 6 aliphatic carbocycles. The molecule has 0 heterocycles. The molecule has 2 aromatic rings. The fourth-order valence-corrected chi connectivity index (χ4v) is 10.7. The molecule has 0 saturated heterocycles. The third-order valence-corrected chi connectivity index (χ3v) is 13.7. The van der Waals surface area contributed by atoms with E-state index >= 15 is 0 Å². The smallest absolute Gasteiger partial charge is 0.353 e. The predicted octanol–water partition coefficient (Wildman–Crippen LogP) is 12.2. The number of Topliss-reactive ketones (excluding diaryl/α,β-unsaturated/α-hetero) is 2. The van der Waals surface area contributed by atoms with Crippen molar-refractivity contribution in [1.82, 2.24) is 0 Å². The number of fused-ring (bicyclic) bond motifs is 4. The van der Waals surface area contributed by atoms with Crippen LogP contribution in [-0.2, 0) is 37.5 Å². The van der Waals surface area contributed by atoms with Gasteiger partial charge in [-0.1, -0.05) is 80.8 Å². The van der Waals surface area contributed by atoms with Gasteiger partial charge in [0.1, 0.15) is 0 Å². The lowest BCUT2D eigenvalue weighted by molar-refractivity contribution is -0.302. The van der Waals surface area contributed by atoms with Crippen molar-refractivity contribution in [3.8, 4) is 0 Å². The normalized spacial score (nSPS) is 28.4. The van der Waals surface area contributed by atoms with Crippen molar-refractivity contribution in [2.45, 2.75) is 140 Å². The average Bonchev–Trinajstić information content (AvgIpc) is 3.82. The molecule has 0 aliphatic heterocycles. The molecule has 4 nitrogen and oxygen atoms in total. The Bertz CT molecular complexity index is 1730. The molecule has 8 rings (SSSR count). The predicted molar refractivity (Wildman–Crippen MR) is 196 cm³/mol. The molecule has 0 atom stereocenters. The number of rotatable bonds is 6. The molecule has 0 bridgehead atoms. The minimum atomic E-state index is -6.17. The first-order chi connectivity index (χ1) is 26.5. The van der Waals surface area contributed by atoms with Gasteiger partial charge in [-0.3, -0.25) is 9.59 Å². The summed E-state index contributed by atoms with van der Waals surface area (Å²) in [5.74, 6) is -16.0. The van der Waals surface area contributed by atoms with Crippen LogP contribution in [0.4, 0.5) is 41.9 Å². The van der Waals surface area contributed by atoms with Crippen molar-refractivity contribution >= 4 is 23.1 Å². The Morgan fingerprint density at radius 1 is 0.544 bits per heavy atom. The summed E-state index contributed by atoms with van der Waals surface area (Å²) >= 11 is -6.17. The maximum Gasteiger partial charge on any atom is 0.380 e. The zero-order valence-electron chi connectivity index (χ0n) is 32.0.